The third kappa shape index (κ3) is 5.73. The van der Waals surface area contributed by atoms with Gasteiger partial charge in [-0.3, -0.25) is 18.8 Å². The number of aliphatic carboxylic acids is 1. The Morgan fingerprint density at radius 2 is 1.74 bits per heavy atom. The fraction of sp³-hybridized carbons (Fsp3) is 0.0833. The van der Waals surface area contributed by atoms with E-state index in [1.54, 1.807) is 79.3 Å². The molecule has 1 amide bonds. The van der Waals surface area contributed by atoms with Crippen LogP contribution in [0.5, 0.6) is 0 Å². The molecule has 4 aromatic rings. The van der Waals surface area contributed by atoms with Crippen LogP contribution in [-0.4, -0.2) is 36.1 Å². The molecule has 0 saturated heterocycles. The fourth-order valence-electron chi connectivity index (χ4n) is 3.26. The third-order valence-electron chi connectivity index (χ3n) is 4.93. The van der Waals surface area contributed by atoms with Crippen molar-refractivity contribution in [2.75, 3.05) is 10.6 Å². The number of carbonyl (C=O) groups excluding carboxylic acids is 1. The molecular formula is C24H21N5O4S. The predicted molar refractivity (Wildman–Crippen MR) is 128 cm³/mol. The minimum Gasteiger partial charge on any atom is -0.481 e. The van der Waals surface area contributed by atoms with Gasteiger partial charge < -0.3 is 20.7 Å². The molecule has 4 rings (SSSR count). The number of anilines is 3. The second-order valence-corrected chi connectivity index (χ2v) is 8.92. The molecule has 0 aliphatic carbocycles. The molecule has 9 nitrogen and oxygen atoms in total. The molecule has 0 radical (unpaired) electrons. The van der Waals surface area contributed by atoms with Crippen molar-refractivity contribution in [1.29, 1.82) is 0 Å². The first-order chi connectivity index (χ1) is 16.5. The van der Waals surface area contributed by atoms with E-state index in [-0.39, 0.29) is 12.3 Å². The normalized spacial score (nSPS) is 12.5. The summed E-state index contributed by atoms with van der Waals surface area (Å²) in [7, 11) is -1.61. The van der Waals surface area contributed by atoms with Crippen LogP contribution in [0.15, 0.2) is 90.3 Å². The average Bonchev–Trinajstić information content (AvgIpc) is 3.36. The van der Waals surface area contributed by atoms with E-state index < -0.39 is 22.0 Å². The average molecular weight is 476 g/mol. The summed E-state index contributed by atoms with van der Waals surface area (Å²) in [4.78, 5) is 35.4. The smallest absolute Gasteiger partial charge is 0.304 e. The van der Waals surface area contributed by atoms with E-state index in [4.69, 9.17) is 0 Å². The summed E-state index contributed by atoms with van der Waals surface area (Å²) in [6.45, 7) is 0. The lowest BCUT2D eigenvalue weighted by Gasteiger charge is -2.15. The Kier molecular flexibility index (Phi) is 7.09. The molecule has 0 aliphatic rings. The summed E-state index contributed by atoms with van der Waals surface area (Å²) in [5.74, 6) is -0.738. The van der Waals surface area contributed by atoms with Crippen molar-refractivity contribution < 1.29 is 18.9 Å². The lowest BCUT2D eigenvalue weighted by atomic mass is 10.1. The van der Waals surface area contributed by atoms with E-state index in [1.807, 2.05) is 0 Å². The van der Waals surface area contributed by atoms with Crippen LogP contribution in [-0.2, 0) is 15.6 Å². The van der Waals surface area contributed by atoms with Crippen molar-refractivity contribution in [3.05, 3.63) is 96.6 Å². The number of aromatic amines is 1. The van der Waals surface area contributed by atoms with E-state index in [0.29, 0.717) is 27.7 Å². The monoisotopic (exact) mass is 475 g/mol. The second-order valence-electron chi connectivity index (χ2n) is 7.29. The van der Waals surface area contributed by atoms with E-state index in [0.717, 1.165) is 5.69 Å². The van der Waals surface area contributed by atoms with E-state index in [9.17, 15) is 18.9 Å². The Hall–Kier alpha value is -4.31. The summed E-state index contributed by atoms with van der Waals surface area (Å²) >= 11 is 0. The molecular weight excluding hydrogens is 454 g/mol. The Morgan fingerprint density at radius 1 is 1.00 bits per heavy atom. The molecule has 2 unspecified atom stereocenters. The van der Waals surface area contributed by atoms with Gasteiger partial charge in [0.05, 0.1) is 22.5 Å². The molecule has 0 bridgehead atoms. The van der Waals surface area contributed by atoms with Gasteiger partial charge in [-0.1, -0.05) is 6.07 Å². The summed E-state index contributed by atoms with van der Waals surface area (Å²) in [5, 5.41) is 14.4. The molecule has 0 fully saturated rings. The number of carboxylic acid groups (broad SMARTS) is 1. The quantitative estimate of drug-likeness (QED) is 0.286. The van der Waals surface area contributed by atoms with Gasteiger partial charge in [0.2, 0.25) is 5.95 Å². The molecule has 2 heterocycles. The van der Waals surface area contributed by atoms with Gasteiger partial charge in [-0.25, -0.2) is 4.98 Å². The molecule has 0 spiro atoms. The summed E-state index contributed by atoms with van der Waals surface area (Å²) < 4.78 is 13.1. The lowest BCUT2D eigenvalue weighted by Crippen LogP contribution is -2.13. The molecule has 0 aliphatic heterocycles. The number of nitrogens with zero attached hydrogens (tertiary/aromatic N) is 2. The standard InChI is InChI=1S/C24H21N5O4S/c30-22(31)14-21(17-2-1-11-25-15-17)34(33)20-9-7-18(8-10-20)28-23(32)16-3-5-19(6-4-16)29-24-26-12-13-27-24/h1-13,15,21H,14H2,(H,28,32)(H,30,31)(H2,26,27,29). The van der Waals surface area contributed by atoms with Crippen LogP contribution in [0.1, 0.15) is 27.6 Å². The number of imidazole rings is 1. The van der Waals surface area contributed by atoms with Crippen LogP contribution in [0.25, 0.3) is 0 Å². The van der Waals surface area contributed by atoms with E-state index >= 15 is 0 Å². The number of hydrogen-bond donors (Lipinski definition) is 4. The molecule has 0 saturated carbocycles. The SMILES string of the molecule is O=C(O)CC(c1cccnc1)S(=O)c1ccc(NC(=O)c2ccc(Nc3ncc[nH]3)cc2)cc1. The van der Waals surface area contributed by atoms with Gasteiger partial charge in [0.15, 0.2) is 0 Å². The van der Waals surface area contributed by atoms with Crippen LogP contribution in [0.2, 0.25) is 0 Å². The maximum atomic E-state index is 13.1. The van der Waals surface area contributed by atoms with Crippen LogP contribution in [0, 0.1) is 0 Å². The summed E-state index contributed by atoms with van der Waals surface area (Å²) in [6.07, 6.45) is 6.15. The van der Waals surface area contributed by atoms with Crippen LogP contribution in [0.3, 0.4) is 0 Å². The number of carbonyl (C=O) groups is 2. The topological polar surface area (TPSA) is 137 Å². The molecule has 2 aromatic carbocycles. The van der Waals surface area contributed by atoms with Gasteiger partial charge in [0, 0.05) is 46.6 Å². The maximum Gasteiger partial charge on any atom is 0.304 e. The van der Waals surface area contributed by atoms with Crippen molar-refractivity contribution in [2.45, 2.75) is 16.6 Å². The zero-order valence-electron chi connectivity index (χ0n) is 17.8. The molecule has 172 valence electrons. The first kappa shape index (κ1) is 22.9. The molecule has 4 N–H and O–H groups in total. The first-order valence-corrected chi connectivity index (χ1v) is 11.5. The highest BCUT2D eigenvalue weighted by molar-refractivity contribution is 7.85. The highest BCUT2D eigenvalue weighted by Gasteiger charge is 2.24. The van der Waals surface area contributed by atoms with E-state index in [2.05, 4.69) is 25.6 Å². The second kappa shape index (κ2) is 10.5. The first-order valence-electron chi connectivity index (χ1n) is 10.3. The van der Waals surface area contributed by atoms with Gasteiger partial charge in [-0.2, -0.15) is 0 Å². The van der Waals surface area contributed by atoms with Gasteiger partial charge in [-0.15, -0.1) is 0 Å². The van der Waals surface area contributed by atoms with Crippen molar-refractivity contribution in [3.8, 4) is 0 Å². The van der Waals surface area contributed by atoms with E-state index in [1.165, 1.54) is 6.20 Å². The Morgan fingerprint density at radius 3 is 2.35 bits per heavy atom. The van der Waals surface area contributed by atoms with Gasteiger partial charge in [0.1, 0.15) is 0 Å². The predicted octanol–water partition coefficient (Wildman–Crippen LogP) is 4.12. The summed E-state index contributed by atoms with van der Waals surface area (Å²) in [6, 6.07) is 16.8. The zero-order valence-corrected chi connectivity index (χ0v) is 18.7. The zero-order chi connectivity index (χ0) is 23.9. The largest absolute Gasteiger partial charge is 0.481 e. The van der Waals surface area contributed by atoms with Gasteiger partial charge in [0.25, 0.3) is 5.91 Å². The van der Waals surface area contributed by atoms with Crippen molar-refractivity contribution in [1.82, 2.24) is 15.0 Å². The summed E-state index contributed by atoms with van der Waals surface area (Å²) in [5.41, 5.74) is 2.36. The Labute approximate surface area is 197 Å². The molecule has 10 heteroatoms. The van der Waals surface area contributed by atoms with Crippen molar-refractivity contribution in [2.24, 2.45) is 0 Å². The Bertz CT molecular complexity index is 1280. The maximum absolute atomic E-state index is 13.1. The number of carboxylic acids is 1. The minimum absolute atomic E-state index is 0.290. The number of amides is 1. The van der Waals surface area contributed by atoms with Crippen LogP contribution in [0.4, 0.5) is 17.3 Å². The molecule has 2 atom stereocenters. The van der Waals surface area contributed by atoms with Crippen molar-refractivity contribution in [3.63, 3.8) is 0 Å². The third-order valence-corrected chi connectivity index (χ3v) is 6.62. The number of H-pyrrole nitrogens is 1. The number of nitrogens with one attached hydrogen (secondary N) is 3. The molecule has 2 aromatic heterocycles. The fourth-order valence-corrected chi connectivity index (χ4v) is 4.67. The van der Waals surface area contributed by atoms with Crippen molar-refractivity contribution >= 4 is 40.0 Å². The highest BCUT2D eigenvalue weighted by atomic mass is 32.2. The van der Waals surface area contributed by atoms with Crippen LogP contribution >= 0.6 is 0 Å². The highest BCUT2D eigenvalue weighted by Crippen LogP contribution is 2.29. The van der Waals surface area contributed by atoms with Gasteiger partial charge in [-0.05, 0) is 60.2 Å². The Balaban J connectivity index is 1.42. The number of aromatic nitrogens is 3. The van der Waals surface area contributed by atoms with Gasteiger partial charge >= 0.3 is 5.97 Å². The lowest BCUT2D eigenvalue weighted by molar-refractivity contribution is -0.137. The number of benzene rings is 2. The van der Waals surface area contributed by atoms with Crippen LogP contribution < -0.4 is 10.6 Å². The number of rotatable bonds is 9. The minimum atomic E-state index is -1.61. The molecule has 34 heavy (non-hydrogen) atoms. The number of pyridine rings is 1. The number of hydrogen-bond acceptors (Lipinski definition) is 6.